The van der Waals surface area contributed by atoms with Crippen LogP contribution in [0.25, 0.3) is 0 Å². The molecule has 1 aromatic heterocycles. The summed E-state index contributed by atoms with van der Waals surface area (Å²) in [4.78, 5) is 20.0. The number of nitrogens with one attached hydrogen (secondary N) is 1. The second-order valence-corrected chi connectivity index (χ2v) is 2.97. The molecule has 14 heavy (non-hydrogen) atoms. The topological polar surface area (TPSA) is 58.1 Å². The van der Waals surface area contributed by atoms with Gasteiger partial charge in [-0.1, -0.05) is 0 Å². The van der Waals surface area contributed by atoms with Crippen molar-refractivity contribution in [1.29, 1.82) is 0 Å². The molecule has 0 atom stereocenters. The zero-order valence-electron chi connectivity index (χ0n) is 7.40. The van der Waals surface area contributed by atoms with Crippen molar-refractivity contribution in [1.82, 2.24) is 15.3 Å². The number of nitrogens with zero attached hydrogens (tertiary/aromatic N) is 3. The molecule has 0 saturated carbocycles. The molecule has 0 radical (unpaired) electrons. The maximum Gasteiger partial charge on any atom is 0.239 e. The fraction of sp³-hybridized carbons (Fsp3) is 0.375. The van der Waals surface area contributed by atoms with E-state index >= 15 is 0 Å². The molecule has 1 N–H and O–H groups in total. The number of hydrogen-bond acceptors (Lipinski definition) is 4. The molecule has 6 heteroatoms. The predicted molar refractivity (Wildman–Crippen MR) is 47.2 cm³/mol. The summed E-state index contributed by atoms with van der Waals surface area (Å²) < 4.78 is 12.7. The lowest BCUT2D eigenvalue weighted by Crippen LogP contribution is -2.48. The Bertz CT molecular complexity index is 357. The second-order valence-electron chi connectivity index (χ2n) is 2.97. The molecule has 0 bridgehead atoms. The summed E-state index contributed by atoms with van der Waals surface area (Å²) in [6, 6.07) is 1.22. The molecule has 5 nitrogen and oxygen atoms in total. The van der Waals surface area contributed by atoms with Gasteiger partial charge in [0.2, 0.25) is 11.9 Å². The molecule has 0 aliphatic carbocycles. The van der Waals surface area contributed by atoms with Gasteiger partial charge in [0.05, 0.1) is 6.54 Å². The molecule has 0 unspecified atom stereocenters. The fourth-order valence-corrected chi connectivity index (χ4v) is 1.33. The highest BCUT2D eigenvalue weighted by molar-refractivity contribution is 5.82. The Labute approximate surface area is 80.0 Å². The standard InChI is InChI=1S/C8H9FN4O/c9-6-3-7(12-5-11-6)13-2-1-10-8(14)4-13/h3,5H,1-2,4H2,(H,10,14). The minimum atomic E-state index is -0.582. The van der Waals surface area contributed by atoms with Crippen molar-refractivity contribution in [2.45, 2.75) is 0 Å². The lowest BCUT2D eigenvalue weighted by atomic mass is 10.3. The third-order valence-corrected chi connectivity index (χ3v) is 1.98. The van der Waals surface area contributed by atoms with Crippen molar-refractivity contribution in [3.63, 3.8) is 0 Å². The van der Waals surface area contributed by atoms with Gasteiger partial charge >= 0.3 is 0 Å². The van der Waals surface area contributed by atoms with Crippen LogP contribution < -0.4 is 10.2 Å². The second kappa shape index (κ2) is 3.57. The van der Waals surface area contributed by atoms with Crippen LogP contribution >= 0.6 is 0 Å². The smallest absolute Gasteiger partial charge is 0.239 e. The Morgan fingerprint density at radius 2 is 2.36 bits per heavy atom. The van der Waals surface area contributed by atoms with Crippen molar-refractivity contribution in [2.75, 3.05) is 24.5 Å². The maximum atomic E-state index is 12.7. The summed E-state index contributed by atoms with van der Waals surface area (Å²) in [5.41, 5.74) is 0. The van der Waals surface area contributed by atoms with Gasteiger partial charge in [-0.15, -0.1) is 0 Å². The Kier molecular flexibility index (Phi) is 2.26. The van der Waals surface area contributed by atoms with Crippen LogP contribution in [0.15, 0.2) is 12.4 Å². The van der Waals surface area contributed by atoms with Gasteiger partial charge in [-0.25, -0.2) is 9.97 Å². The highest BCUT2D eigenvalue weighted by atomic mass is 19.1. The number of aromatic nitrogens is 2. The van der Waals surface area contributed by atoms with Crippen molar-refractivity contribution in [3.05, 3.63) is 18.3 Å². The predicted octanol–water partition coefficient (Wildman–Crippen LogP) is -0.448. The zero-order valence-corrected chi connectivity index (χ0v) is 7.40. The molecule has 2 heterocycles. The number of rotatable bonds is 1. The number of amides is 1. The van der Waals surface area contributed by atoms with E-state index in [1.54, 1.807) is 4.90 Å². The first-order valence-electron chi connectivity index (χ1n) is 4.25. The van der Waals surface area contributed by atoms with E-state index in [-0.39, 0.29) is 12.5 Å². The van der Waals surface area contributed by atoms with Gasteiger partial charge in [-0.05, 0) is 0 Å². The van der Waals surface area contributed by atoms with Gasteiger partial charge in [-0.2, -0.15) is 4.39 Å². The molecule has 1 aromatic rings. The Morgan fingerprint density at radius 1 is 1.50 bits per heavy atom. The van der Waals surface area contributed by atoms with Crippen LogP contribution in [0.4, 0.5) is 10.2 Å². The summed E-state index contributed by atoms with van der Waals surface area (Å²) in [5, 5.41) is 2.68. The molecule has 74 valence electrons. The van der Waals surface area contributed by atoms with Crippen molar-refractivity contribution in [2.24, 2.45) is 0 Å². The molecule has 1 saturated heterocycles. The van der Waals surface area contributed by atoms with E-state index in [1.165, 1.54) is 6.07 Å². The van der Waals surface area contributed by atoms with Gasteiger partial charge in [0, 0.05) is 19.2 Å². The number of anilines is 1. The highest BCUT2D eigenvalue weighted by Crippen LogP contribution is 2.10. The summed E-state index contributed by atoms with van der Waals surface area (Å²) in [5.74, 6) is -0.205. The van der Waals surface area contributed by atoms with Crippen LogP contribution in [0, 0.1) is 5.95 Å². The summed E-state index contributed by atoms with van der Waals surface area (Å²) in [6.45, 7) is 1.42. The van der Waals surface area contributed by atoms with Crippen LogP contribution in [0.1, 0.15) is 0 Å². The first-order chi connectivity index (χ1) is 6.75. The van der Waals surface area contributed by atoms with Crippen LogP contribution in [0.2, 0.25) is 0 Å². The Balaban J connectivity index is 2.17. The number of carbonyl (C=O) groups is 1. The molecular formula is C8H9FN4O. The number of carbonyl (C=O) groups excluding carboxylic acids is 1. The van der Waals surface area contributed by atoms with Crippen molar-refractivity contribution >= 4 is 11.7 Å². The largest absolute Gasteiger partial charge is 0.353 e. The highest BCUT2D eigenvalue weighted by Gasteiger charge is 2.17. The monoisotopic (exact) mass is 196 g/mol. The SMILES string of the molecule is O=C1CN(c2cc(F)ncn2)CCN1. The molecule has 1 amide bonds. The Morgan fingerprint density at radius 3 is 3.07 bits per heavy atom. The van der Waals surface area contributed by atoms with E-state index in [0.717, 1.165) is 6.33 Å². The molecule has 0 spiro atoms. The molecule has 1 aliphatic rings. The summed E-state index contributed by atoms with van der Waals surface area (Å²) >= 11 is 0. The number of halogens is 1. The van der Waals surface area contributed by atoms with Crippen LogP contribution in [0.3, 0.4) is 0 Å². The lowest BCUT2D eigenvalue weighted by molar-refractivity contribution is -0.120. The van der Waals surface area contributed by atoms with E-state index in [2.05, 4.69) is 15.3 Å². The average Bonchev–Trinajstić information content (AvgIpc) is 2.18. The zero-order chi connectivity index (χ0) is 9.97. The average molecular weight is 196 g/mol. The third-order valence-electron chi connectivity index (χ3n) is 1.98. The molecule has 1 aliphatic heterocycles. The normalized spacial score (nSPS) is 16.6. The van der Waals surface area contributed by atoms with E-state index in [4.69, 9.17) is 0 Å². The molecule has 0 aromatic carbocycles. The van der Waals surface area contributed by atoms with Crippen LogP contribution in [-0.4, -0.2) is 35.5 Å². The van der Waals surface area contributed by atoms with Crippen molar-refractivity contribution in [3.8, 4) is 0 Å². The van der Waals surface area contributed by atoms with E-state index in [9.17, 15) is 9.18 Å². The fourth-order valence-electron chi connectivity index (χ4n) is 1.33. The number of piperazine rings is 1. The molecule has 2 rings (SSSR count). The van der Waals surface area contributed by atoms with E-state index in [0.29, 0.717) is 18.9 Å². The van der Waals surface area contributed by atoms with Gasteiger partial charge in [0.15, 0.2) is 0 Å². The van der Waals surface area contributed by atoms with Crippen LogP contribution in [0.5, 0.6) is 0 Å². The third kappa shape index (κ3) is 1.78. The maximum absolute atomic E-state index is 12.7. The number of hydrogen-bond donors (Lipinski definition) is 1. The lowest BCUT2D eigenvalue weighted by Gasteiger charge is -2.27. The first kappa shape index (κ1) is 8.86. The quantitative estimate of drug-likeness (QED) is 0.618. The Hall–Kier alpha value is -1.72. The van der Waals surface area contributed by atoms with Crippen molar-refractivity contribution < 1.29 is 9.18 Å². The van der Waals surface area contributed by atoms with Gasteiger partial charge in [-0.3, -0.25) is 4.79 Å². The molecular weight excluding hydrogens is 187 g/mol. The minimum absolute atomic E-state index is 0.0738. The first-order valence-corrected chi connectivity index (χ1v) is 4.25. The summed E-state index contributed by atoms with van der Waals surface area (Å²) in [7, 11) is 0. The summed E-state index contributed by atoms with van der Waals surface area (Å²) in [6.07, 6.45) is 1.15. The van der Waals surface area contributed by atoms with E-state index in [1.807, 2.05) is 0 Å². The van der Waals surface area contributed by atoms with Gasteiger partial charge < -0.3 is 10.2 Å². The van der Waals surface area contributed by atoms with Gasteiger partial charge in [0.25, 0.3) is 0 Å². The molecule has 1 fully saturated rings. The minimum Gasteiger partial charge on any atom is -0.353 e. The van der Waals surface area contributed by atoms with Crippen LogP contribution in [-0.2, 0) is 4.79 Å². The van der Waals surface area contributed by atoms with E-state index < -0.39 is 5.95 Å². The van der Waals surface area contributed by atoms with Gasteiger partial charge in [0.1, 0.15) is 12.1 Å².